The number of urea groups is 1. The van der Waals surface area contributed by atoms with Crippen molar-refractivity contribution in [2.45, 2.75) is 19.4 Å². The van der Waals surface area contributed by atoms with E-state index >= 15 is 0 Å². The summed E-state index contributed by atoms with van der Waals surface area (Å²) in [4.78, 5) is 14.7. The van der Waals surface area contributed by atoms with Gasteiger partial charge in [0, 0.05) is 26.7 Å². The topological polar surface area (TPSA) is 43.8 Å². The zero-order valence-electron chi connectivity index (χ0n) is 7.66. The lowest BCUT2D eigenvalue weighted by Crippen LogP contribution is -2.35. The average Bonchev–Trinajstić information content (AvgIpc) is 2.36. The molecule has 1 unspecified atom stereocenters. The standard InChI is InChI=1S/C8H16N2O2/c1-3-7(11)6-10-5-4-9(2)8(10)12/h7,11H,3-6H2,1-2H3. The molecule has 12 heavy (non-hydrogen) atoms. The molecule has 1 aliphatic heterocycles. The fourth-order valence-corrected chi connectivity index (χ4v) is 1.26. The van der Waals surface area contributed by atoms with Crippen LogP contribution in [0.15, 0.2) is 0 Å². The predicted molar refractivity (Wildman–Crippen MR) is 45.9 cm³/mol. The Morgan fingerprint density at radius 2 is 2.25 bits per heavy atom. The molecule has 0 aromatic carbocycles. The minimum Gasteiger partial charge on any atom is -0.391 e. The monoisotopic (exact) mass is 172 g/mol. The zero-order valence-corrected chi connectivity index (χ0v) is 7.66. The third-order valence-electron chi connectivity index (χ3n) is 2.20. The van der Waals surface area contributed by atoms with E-state index in [2.05, 4.69) is 0 Å². The number of rotatable bonds is 3. The molecule has 1 heterocycles. The summed E-state index contributed by atoms with van der Waals surface area (Å²) in [7, 11) is 1.78. The molecule has 0 aliphatic carbocycles. The normalized spacial score (nSPS) is 20.4. The minimum absolute atomic E-state index is 0.0301. The number of hydrogen-bond donors (Lipinski definition) is 1. The van der Waals surface area contributed by atoms with E-state index in [1.807, 2.05) is 6.92 Å². The lowest BCUT2D eigenvalue weighted by Gasteiger charge is -2.18. The van der Waals surface area contributed by atoms with Crippen LogP contribution in [0, 0.1) is 0 Å². The second-order valence-electron chi connectivity index (χ2n) is 3.21. The van der Waals surface area contributed by atoms with Crippen LogP contribution in [-0.4, -0.2) is 53.7 Å². The number of likely N-dealkylation sites (N-methyl/N-ethyl adjacent to an activating group) is 1. The van der Waals surface area contributed by atoms with Crippen LogP contribution in [0.25, 0.3) is 0 Å². The molecule has 1 N–H and O–H groups in total. The maximum absolute atomic E-state index is 11.3. The van der Waals surface area contributed by atoms with Crippen molar-refractivity contribution in [3.8, 4) is 0 Å². The molecule has 1 saturated heterocycles. The van der Waals surface area contributed by atoms with Gasteiger partial charge < -0.3 is 14.9 Å². The van der Waals surface area contributed by atoms with E-state index in [4.69, 9.17) is 0 Å². The summed E-state index contributed by atoms with van der Waals surface area (Å²) in [6.07, 6.45) is 0.327. The number of hydrogen-bond acceptors (Lipinski definition) is 2. The van der Waals surface area contributed by atoms with Gasteiger partial charge in [0.15, 0.2) is 0 Å². The van der Waals surface area contributed by atoms with Crippen molar-refractivity contribution in [2.24, 2.45) is 0 Å². The van der Waals surface area contributed by atoms with Gasteiger partial charge in [0.1, 0.15) is 0 Å². The quantitative estimate of drug-likeness (QED) is 0.657. The Morgan fingerprint density at radius 3 is 2.67 bits per heavy atom. The first-order valence-electron chi connectivity index (χ1n) is 4.33. The smallest absolute Gasteiger partial charge is 0.319 e. The van der Waals surface area contributed by atoms with E-state index in [0.29, 0.717) is 13.0 Å². The molecule has 1 rings (SSSR count). The summed E-state index contributed by atoms with van der Waals surface area (Å²) in [6.45, 7) is 3.90. The number of amides is 2. The van der Waals surface area contributed by atoms with Gasteiger partial charge in [0.25, 0.3) is 0 Å². The Hall–Kier alpha value is -0.770. The second-order valence-corrected chi connectivity index (χ2v) is 3.21. The van der Waals surface area contributed by atoms with Gasteiger partial charge in [0.05, 0.1) is 6.10 Å². The van der Waals surface area contributed by atoms with Gasteiger partial charge in [0.2, 0.25) is 0 Å². The first-order chi connectivity index (χ1) is 5.65. The van der Waals surface area contributed by atoms with E-state index in [-0.39, 0.29) is 12.1 Å². The number of carbonyl (C=O) groups excluding carboxylic acids is 1. The second kappa shape index (κ2) is 3.76. The van der Waals surface area contributed by atoms with Crippen LogP contribution in [0.5, 0.6) is 0 Å². The van der Waals surface area contributed by atoms with Gasteiger partial charge in [-0.1, -0.05) is 6.92 Å². The highest BCUT2D eigenvalue weighted by Crippen LogP contribution is 2.07. The van der Waals surface area contributed by atoms with E-state index < -0.39 is 0 Å². The van der Waals surface area contributed by atoms with E-state index in [9.17, 15) is 9.90 Å². The molecule has 0 radical (unpaired) electrons. The maximum Gasteiger partial charge on any atom is 0.319 e. The molecule has 0 aromatic rings. The molecule has 4 nitrogen and oxygen atoms in total. The highest BCUT2D eigenvalue weighted by atomic mass is 16.3. The van der Waals surface area contributed by atoms with Gasteiger partial charge in [-0.25, -0.2) is 4.79 Å². The predicted octanol–water partition coefficient (Wildman–Crippen LogP) is 0.125. The molecule has 0 bridgehead atoms. The van der Waals surface area contributed by atoms with E-state index in [1.54, 1.807) is 16.8 Å². The van der Waals surface area contributed by atoms with Crippen LogP contribution < -0.4 is 0 Å². The SMILES string of the molecule is CCC(O)CN1CCN(C)C1=O. The van der Waals surface area contributed by atoms with Crippen molar-refractivity contribution < 1.29 is 9.90 Å². The number of carbonyl (C=O) groups is 1. The number of nitrogens with zero attached hydrogens (tertiary/aromatic N) is 2. The van der Waals surface area contributed by atoms with Crippen molar-refractivity contribution in [2.75, 3.05) is 26.7 Å². The molecule has 0 spiro atoms. The van der Waals surface area contributed by atoms with Crippen LogP contribution in [0.4, 0.5) is 4.79 Å². The third-order valence-corrected chi connectivity index (χ3v) is 2.20. The molecule has 1 fully saturated rings. The Kier molecular flexibility index (Phi) is 2.92. The summed E-state index contributed by atoms with van der Waals surface area (Å²) >= 11 is 0. The van der Waals surface area contributed by atoms with Gasteiger partial charge in [-0.2, -0.15) is 0 Å². The highest BCUT2D eigenvalue weighted by Gasteiger charge is 2.26. The summed E-state index contributed by atoms with van der Waals surface area (Å²) in [6, 6.07) is 0.0301. The van der Waals surface area contributed by atoms with Gasteiger partial charge >= 0.3 is 6.03 Å². The Labute approximate surface area is 72.8 Å². The Balaban J connectivity index is 2.39. The van der Waals surface area contributed by atoms with Gasteiger partial charge in [-0.15, -0.1) is 0 Å². The molecule has 1 aliphatic rings. The van der Waals surface area contributed by atoms with Gasteiger partial charge in [-0.05, 0) is 6.42 Å². The molecular weight excluding hydrogens is 156 g/mol. The third kappa shape index (κ3) is 1.88. The lowest BCUT2D eigenvalue weighted by atomic mass is 10.2. The van der Waals surface area contributed by atoms with E-state index in [0.717, 1.165) is 13.1 Å². The number of aliphatic hydroxyl groups is 1. The number of β-amino-alcohol motifs (C(OH)–C–C–N with tert-alkyl or cyclic N) is 1. The van der Waals surface area contributed by atoms with Crippen LogP contribution in [-0.2, 0) is 0 Å². The molecule has 1 atom stereocenters. The average molecular weight is 172 g/mol. The Morgan fingerprint density at radius 1 is 1.58 bits per heavy atom. The first kappa shape index (κ1) is 9.32. The van der Waals surface area contributed by atoms with Crippen molar-refractivity contribution in [1.82, 2.24) is 9.80 Å². The maximum atomic E-state index is 11.3. The lowest BCUT2D eigenvalue weighted by molar-refractivity contribution is 0.125. The van der Waals surface area contributed by atoms with Crippen LogP contribution >= 0.6 is 0 Å². The van der Waals surface area contributed by atoms with Gasteiger partial charge in [-0.3, -0.25) is 0 Å². The molecular formula is C8H16N2O2. The zero-order chi connectivity index (χ0) is 9.14. The summed E-state index contributed by atoms with van der Waals surface area (Å²) in [5, 5.41) is 9.31. The van der Waals surface area contributed by atoms with Crippen molar-refractivity contribution in [3.63, 3.8) is 0 Å². The van der Waals surface area contributed by atoms with E-state index in [1.165, 1.54) is 0 Å². The highest BCUT2D eigenvalue weighted by molar-refractivity contribution is 5.76. The minimum atomic E-state index is -0.375. The summed E-state index contributed by atoms with van der Waals surface area (Å²) in [5.41, 5.74) is 0. The Bertz CT molecular complexity index is 172. The summed E-state index contributed by atoms with van der Waals surface area (Å²) < 4.78 is 0. The molecule has 0 saturated carbocycles. The first-order valence-corrected chi connectivity index (χ1v) is 4.33. The van der Waals surface area contributed by atoms with Crippen LogP contribution in [0.3, 0.4) is 0 Å². The molecule has 70 valence electrons. The molecule has 4 heteroatoms. The van der Waals surface area contributed by atoms with Crippen molar-refractivity contribution >= 4 is 6.03 Å². The largest absolute Gasteiger partial charge is 0.391 e. The molecule has 0 aromatic heterocycles. The fraction of sp³-hybridized carbons (Fsp3) is 0.875. The van der Waals surface area contributed by atoms with Crippen LogP contribution in [0.2, 0.25) is 0 Å². The molecule has 2 amide bonds. The summed E-state index contributed by atoms with van der Waals surface area (Å²) in [5.74, 6) is 0. The van der Waals surface area contributed by atoms with Crippen LogP contribution in [0.1, 0.15) is 13.3 Å². The van der Waals surface area contributed by atoms with Crippen molar-refractivity contribution in [1.29, 1.82) is 0 Å². The van der Waals surface area contributed by atoms with Crippen molar-refractivity contribution in [3.05, 3.63) is 0 Å². The number of aliphatic hydroxyl groups excluding tert-OH is 1. The fourth-order valence-electron chi connectivity index (χ4n) is 1.26.